The first kappa shape index (κ1) is 19.2. The van der Waals surface area contributed by atoms with E-state index in [0.717, 1.165) is 44.5 Å². The second-order valence-corrected chi connectivity index (χ2v) is 6.52. The highest BCUT2D eigenvalue weighted by Crippen LogP contribution is 2.21. The van der Waals surface area contributed by atoms with Gasteiger partial charge in [0.25, 0.3) is 0 Å². The van der Waals surface area contributed by atoms with Gasteiger partial charge in [-0.25, -0.2) is 4.79 Å². The Morgan fingerprint density at radius 2 is 1.92 bits per heavy atom. The molecule has 1 N–H and O–H groups in total. The van der Waals surface area contributed by atoms with Crippen molar-refractivity contribution in [3.63, 3.8) is 0 Å². The van der Waals surface area contributed by atoms with Crippen LogP contribution in [-0.4, -0.2) is 48.8 Å². The predicted octanol–water partition coefficient (Wildman–Crippen LogP) is 2.71. The molecule has 1 fully saturated rings. The summed E-state index contributed by atoms with van der Waals surface area (Å²) in [6.45, 7) is 1.88. The molecule has 1 heterocycles. The lowest BCUT2D eigenvalue weighted by Gasteiger charge is -2.22. The van der Waals surface area contributed by atoms with E-state index < -0.39 is 5.97 Å². The number of carboxylic acids is 1. The Labute approximate surface area is 148 Å². The highest BCUT2D eigenvalue weighted by Gasteiger charge is 2.15. The second kappa shape index (κ2) is 10.0. The third-order valence-electron chi connectivity index (χ3n) is 4.48. The van der Waals surface area contributed by atoms with Gasteiger partial charge in [0.1, 0.15) is 5.75 Å². The molecule has 2 rings (SSSR count). The molecule has 0 aromatic heterocycles. The number of amides is 1. The lowest BCUT2D eigenvalue weighted by atomic mass is 9.94. The lowest BCUT2D eigenvalue weighted by molar-refractivity contribution is -0.139. The van der Waals surface area contributed by atoms with E-state index in [9.17, 15) is 9.59 Å². The molecule has 1 aromatic rings. The molecule has 1 saturated heterocycles. The molecular formula is C19H27NO5. The Hall–Kier alpha value is -2.08. The van der Waals surface area contributed by atoms with E-state index in [0.29, 0.717) is 24.6 Å². The summed E-state index contributed by atoms with van der Waals surface area (Å²) in [5.41, 5.74) is 0.989. The average Bonchev–Trinajstić information content (AvgIpc) is 2.62. The molecule has 1 aliphatic rings. The van der Waals surface area contributed by atoms with Crippen molar-refractivity contribution in [3.05, 3.63) is 29.8 Å². The van der Waals surface area contributed by atoms with Crippen LogP contribution in [0.3, 0.4) is 0 Å². The number of carbonyl (C=O) groups is 2. The molecule has 1 aromatic carbocycles. The number of nitrogens with zero attached hydrogens (tertiary/aromatic N) is 1. The standard InChI is InChI=1S/C19H27NO5/c1-20(18(21)4-2-3-15-9-11-24-12-10-15)13-16-5-7-17(8-6-16)25-14-19(22)23/h5-8,15H,2-4,9-14H2,1H3,(H,22,23). The molecule has 6 nitrogen and oxygen atoms in total. The summed E-state index contributed by atoms with van der Waals surface area (Å²) < 4.78 is 10.5. The fraction of sp³-hybridized carbons (Fsp3) is 0.579. The van der Waals surface area contributed by atoms with Crippen LogP contribution in [0.1, 0.15) is 37.7 Å². The van der Waals surface area contributed by atoms with Crippen LogP contribution in [-0.2, 0) is 20.9 Å². The summed E-state index contributed by atoms with van der Waals surface area (Å²) >= 11 is 0. The van der Waals surface area contributed by atoms with E-state index in [2.05, 4.69) is 0 Å². The first-order valence-corrected chi connectivity index (χ1v) is 8.80. The summed E-state index contributed by atoms with van der Waals surface area (Å²) in [6, 6.07) is 7.15. The number of benzene rings is 1. The number of aliphatic carboxylic acids is 1. The zero-order chi connectivity index (χ0) is 18.1. The van der Waals surface area contributed by atoms with Crippen LogP contribution in [0.15, 0.2) is 24.3 Å². The number of rotatable bonds is 9. The van der Waals surface area contributed by atoms with Crippen molar-refractivity contribution >= 4 is 11.9 Å². The molecule has 0 bridgehead atoms. The van der Waals surface area contributed by atoms with E-state index in [4.69, 9.17) is 14.6 Å². The maximum absolute atomic E-state index is 12.2. The van der Waals surface area contributed by atoms with Crippen molar-refractivity contribution in [1.29, 1.82) is 0 Å². The van der Waals surface area contributed by atoms with Gasteiger partial charge < -0.3 is 19.5 Å². The molecule has 25 heavy (non-hydrogen) atoms. The summed E-state index contributed by atoms with van der Waals surface area (Å²) in [7, 11) is 1.81. The molecule has 1 amide bonds. The van der Waals surface area contributed by atoms with Crippen molar-refractivity contribution in [3.8, 4) is 5.75 Å². The topological polar surface area (TPSA) is 76.1 Å². The third-order valence-corrected chi connectivity index (χ3v) is 4.48. The second-order valence-electron chi connectivity index (χ2n) is 6.52. The highest BCUT2D eigenvalue weighted by atomic mass is 16.5. The van der Waals surface area contributed by atoms with Crippen molar-refractivity contribution in [1.82, 2.24) is 4.90 Å². The van der Waals surface area contributed by atoms with Crippen LogP contribution in [0.4, 0.5) is 0 Å². The highest BCUT2D eigenvalue weighted by molar-refractivity contribution is 5.75. The molecule has 1 aliphatic heterocycles. The summed E-state index contributed by atoms with van der Waals surface area (Å²) in [5.74, 6) is 0.357. The number of carboxylic acid groups (broad SMARTS) is 1. The number of carbonyl (C=O) groups excluding carboxylic acids is 1. The first-order chi connectivity index (χ1) is 12.0. The fourth-order valence-electron chi connectivity index (χ4n) is 2.97. The zero-order valence-electron chi connectivity index (χ0n) is 14.8. The number of hydrogen-bond donors (Lipinski definition) is 1. The molecule has 0 spiro atoms. The molecule has 138 valence electrons. The van der Waals surface area contributed by atoms with E-state index in [-0.39, 0.29) is 12.5 Å². The fourth-order valence-corrected chi connectivity index (χ4v) is 2.97. The number of hydrogen-bond acceptors (Lipinski definition) is 4. The van der Waals surface area contributed by atoms with Crippen LogP contribution in [0.5, 0.6) is 5.75 Å². The minimum absolute atomic E-state index is 0.151. The SMILES string of the molecule is CN(Cc1ccc(OCC(=O)O)cc1)C(=O)CCCC1CCOCC1. The summed E-state index contributed by atoms with van der Waals surface area (Å²) in [4.78, 5) is 24.4. The Kier molecular flexibility index (Phi) is 7.73. The van der Waals surface area contributed by atoms with Gasteiger partial charge in [-0.2, -0.15) is 0 Å². The van der Waals surface area contributed by atoms with Gasteiger partial charge in [0.15, 0.2) is 6.61 Å². The lowest BCUT2D eigenvalue weighted by Crippen LogP contribution is -2.26. The van der Waals surface area contributed by atoms with Gasteiger partial charge in [-0.1, -0.05) is 12.1 Å². The molecule has 0 saturated carbocycles. The number of ether oxygens (including phenoxy) is 2. The van der Waals surface area contributed by atoms with Gasteiger partial charge >= 0.3 is 5.97 Å². The van der Waals surface area contributed by atoms with E-state index in [1.54, 1.807) is 17.0 Å². The molecule has 0 atom stereocenters. The van der Waals surface area contributed by atoms with Gasteiger partial charge in [0.05, 0.1) is 0 Å². The van der Waals surface area contributed by atoms with Crippen LogP contribution in [0, 0.1) is 5.92 Å². The van der Waals surface area contributed by atoms with E-state index in [1.165, 1.54) is 0 Å². The van der Waals surface area contributed by atoms with Gasteiger partial charge in [0, 0.05) is 33.2 Å². The summed E-state index contributed by atoms with van der Waals surface area (Å²) in [6.07, 6.45) is 4.82. The Bertz CT molecular complexity index is 551. The zero-order valence-corrected chi connectivity index (χ0v) is 14.8. The van der Waals surface area contributed by atoms with Crippen molar-refractivity contribution in [2.24, 2.45) is 5.92 Å². The Morgan fingerprint density at radius 1 is 1.24 bits per heavy atom. The maximum atomic E-state index is 12.2. The van der Waals surface area contributed by atoms with Crippen molar-refractivity contribution in [2.45, 2.75) is 38.6 Å². The quantitative estimate of drug-likeness (QED) is 0.742. The maximum Gasteiger partial charge on any atom is 0.341 e. The van der Waals surface area contributed by atoms with Gasteiger partial charge in [0.2, 0.25) is 5.91 Å². The van der Waals surface area contributed by atoms with E-state index in [1.807, 2.05) is 19.2 Å². The average molecular weight is 349 g/mol. The van der Waals surface area contributed by atoms with Crippen LogP contribution in [0.2, 0.25) is 0 Å². The Balaban J connectivity index is 1.69. The predicted molar refractivity (Wildman–Crippen MR) is 93.4 cm³/mol. The van der Waals surface area contributed by atoms with Gasteiger partial charge in [-0.05, 0) is 49.3 Å². The normalized spacial score (nSPS) is 14.9. The third kappa shape index (κ3) is 7.13. The first-order valence-electron chi connectivity index (χ1n) is 8.80. The van der Waals surface area contributed by atoms with Crippen molar-refractivity contribution < 1.29 is 24.2 Å². The minimum Gasteiger partial charge on any atom is -0.482 e. The Morgan fingerprint density at radius 3 is 2.56 bits per heavy atom. The smallest absolute Gasteiger partial charge is 0.341 e. The molecular weight excluding hydrogens is 322 g/mol. The van der Waals surface area contributed by atoms with Crippen LogP contribution in [0.25, 0.3) is 0 Å². The minimum atomic E-state index is -1.00. The molecule has 0 aliphatic carbocycles. The van der Waals surface area contributed by atoms with Gasteiger partial charge in [-0.15, -0.1) is 0 Å². The molecule has 0 unspecified atom stereocenters. The monoisotopic (exact) mass is 349 g/mol. The summed E-state index contributed by atoms with van der Waals surface area (Å²) in [5, 5.41) is 8.59. The van der Waals surface area contributed by atoms with Crippen LogP contribution < -0.4 is 4.74 Å². The van der Waals surface area contributed by atoms with Gasteiger partial charge in [-0.3, -0.25) is 4.79 Å². The molecule has 6 heteroatoms. The van der Waals surface area contributed by atoms with Crippen LogP contribution >= 0.6 is 0 Å². The largest absolute Gasteiger partial charge is 0.482 e. The van der Waals surface area contributed by atoms with E-state index >= 15 is 0 Å². The van der Waals surface area contributed by atoms with Crippen molar-refractivity contribution in [2.75, 3.05) is 26.9 Å². The molecule has 0 radical (unpaired) electrons.